The van der Waals surface area contributed by atoms with Crippen LogP contribution in [0.15, 0.2) is 36.4 Å². The highest BCUT2D eigenvalue weighted by Gasteiger charge is 2.27. The first kappa shape index (κ1) is 20.5. The topological polar surface area (TPSA) is 81.9 Å². The summed E-state index contributed by atoms with van der Waals surface area (Å²) < 4.78 is 37.5. The monoisotopic (exact) mass is 406 g/mol. The molecular weight excluding hydrogens is 386 g/mol. The second-order valence-corrected chi connectivity index (χ2v) is 6.56. The molecule has 0 radical (unpaired) electrons. The molecule has 29 heavy (non-hydrogen) atoms. The lowest BCUT2D eigenvalue weighted by atomic mass is 10.1. The van der Waals surface area contributed by atoms with Gasteiger partial charge in [0.25, 0.3) is 5.91 Å². The van der Waals surface area contributed by atoms with Crippen molar-refractivity contribution in [1.29, 1.82) is 0 Å². The molecule has 0 atom stereocenters. The number of likely N-dealkylation sites (tertiary alicyclic amines) is 1. The molecule has 0 aromatic heterocycles. The van der Waals surface area contributed by atoms with Crippen molar-refractivity contribution >= 4 is 11.6 Å². The molecule has 0 spiro atoms. The molecule has 2 aromatic carbocycles. The van der Waals surface area contributed by atoms with E-state index in [9.17, 15) is 23.7 Å². The van der Waals surface area contributed by atoms with Gasteiger partial charge in [-0.2, -0.15) is 0 Å². The van der Waals surface area contributed by atoms with Crippen molar-refractivity contribution in [2.75, 3.05) is 19.7 Å². The van der Waals surface area contributed by atoms with Crippen molar-refractivity contribution in [1.82, 2.24) is 4.90 Å². The summed E-state index contributed by atoms with van der Waals surface area (Å²) in [6.07, 6.45) is 0.609. The van der Waals surface area contributed by atoms with E-state index >= 15 is 0 Å². The molecule has 3 rings (SSSR count). The number of amides is 1. The minimum absolute atomic E-state index is 0.0293. The van der Waals surface area contributed by atoms with Gasteiger partial charge >= 0.3 is 5.69 Å². The van der Waals surface area contributed by atoms with Gasteiger partial charge in [0.1, 0.15) is 11.9 Å². The van der Waals surface area contributed by atoms with Crippen molar-refractivity contribution in [3.63, 3.8) is 0 Å². The number of nitro benzene ring substituents is 1. The van der Waals surface area contributed by atoms with E-state index in [1.165, 1.54) is 24.3 Å². The standard InChI is InChI=1S/C20H20F2N2O5/c1-2-28-19-5-3-13(11-17(19)24(26)27)20(25)23-9-7-15(8-10-23)29-18-6-4-14(21)12-16(18)22/h3-6,11-12,15H,2,7-10H2,1H3. The molecule has 1 fully saturated rings. The van der Waals surface area contributed by atoms with E-state index < -0.39 is 16.6 Å². The molecule has 2 aromatic rings. The number of ether oxygens (including phenoxy) is 2. The van der Waals surface area contributed by atoms with E-state index in [4.69, 9.17) is 9.47 Å². The van der Waals surface area contributed by atoms with Crippen LogP contribution in [0.2, 0.25) is 0 Å². The molecular formula is C20H20F2N2O5. The maximum Gasteiger partial charge on any atom is 0.311 e. The SMILES string of the molecule is CCOc1ccc(C(=O)N2CCC(Oc3ccc(F)cc3F)CC2)cc1[N+](=O)[O-]. The zero-order valence-electron chi connectivity index (χ0n) is 15.8. The smallest absolute Gasteiger partial charge is 0.311 e. The van der Waals surface area contributed by atoms with Crippen LogP contribution in [-0.2, 0) is 0 Å². The summed E-state index contributed by atoms with van der Waals surface area (Å²) in [5, 5.41) is 11.2. The van der Waals surface area contributed by atoms with E-state index in [1.54, 1.807) is 11.8 Å². The van der Waals surface area contributed by atoms with Gasteiger partial charge in [0.2, 0.25) is 0 Å². The minimum Gasteiger partial charge on any atom is -0.487 e. The van der Waals surface area contributed by atoms with Gasteiger partial charge in [-0.05, 0) is 31.2 Å². The van der Waals surface area contributed by atoms with E-state index in [1.807, 2.05) is 0 Å². The lowest BCUT2D eigenvalue weighted by molar-refractivity contribution is -0.385. The summed E-state index contributed by atoms with van der Waals surface area (Å²) in [6, 6.07) is 7.24. The molecule has 154 valence electrons. The third kappa shape index (κ3) is 4.79. The van der Waals surface area contributed by atoms with E-state index in [0.717, 1.165) is 12.1 Å². The maximum atomic E-state index is 13.7. The fourth-order valence-electron chi connectivity index (χ4n) is 3.18. The number of carbonyl (C=O) groups is 1. The average Bonchev–Trinajstić information content (AvgIpc) is 2.70. The van der Waals surface area contributed by atoms with Crippen molar-refractivity contribution in [2.24, 2.45) is 0 Å². The van der Waals surface area contributed by atoms with E-state index in [2.05, 4.69) is 0 Å². The molecule has 1 amide bonds. The number of hydrogen-bond acceptors (Lipinski definition) is 5. The van der Waals surface area contributed by atoms with Crippen LogP contribution in [0.25, 0.3) is 0 Å². The summed E-state index contributed by atoms with van der Waals surface area (Å²) in [4.78, 5) is 24.9. The average molecular weight is 406 g/mol. The number of hydrogen-bond donors (Lipinski definition) is 0. The maximum absolute atomic E-state index is 13.7. The Morgan fingerprint density at radius 2 is 1.86 bits per heavy atom. The molecule has 9 heteroatoms. The van der Waals surface area contributed by atoms with Gasteiger partial charge in [-0.1, -0.05) is 0 Å². The van der Waals surface area contributed by atoms with Crippen LogP contribution < -0.4 is 9.47 Å². The number of benzene rings is 2. The second kappa shape index (κ2) is 8.85. The molecule has 0 N–H and O–H groups in total. The number of piperidine rings is 1. The van der Waals surface area contributed by atoms with Crippen LogP contribution in [0.5, 0.6) is 11.5 Å². The molecule has 1 heterocycles. The number of halogens is 2. The van der Waals surface area contributed by atoms with Gasteiger partial charge in [-0.25, -0.2) is 8.78 Å². The largest absolute Gasteiger partial charge is 0.487 e. The van der Waals surface area contributed by atoms with Crippen molar-refractivity contribution < 1.29 is 28.0 Å². The molecule has 0 unspecified atom stereocenters. The quantitative estimate of drug-likeness (QED) is 0.536. The predicted molar refractivity (Wildman–Crippen MR) is 100 cm³/mol. The summed E-state index contributed by atoms with van der Waals surface area (Å²) in [6.45, 7) is 2.70. The number of rotatable bonds is 6. The number of nitro groups is 1. The Labute approximate surface area is 166 Å². The van der Waals surface area contributed by atoms with Crippen LogP contribution in [-0.4, -0.2) is 41.5 Å². The number of carbonyl (C=O) groups excluding carboxylic acids is 1. The van der Waals surface area contributed by atoms with Crippen LogP contribution in [0, 0.1) is 21.7 Å². The number of nitrogens with zero attached hydrogens (tertiary/aromatic N) is 2. The zero-order valence-corrected chi connectivity index (χ0v) is 15.8. The molecule has 0 aliphatic carbocycles. The van der Waals surface area contributed by atoms with E-state index in [0.29, 0.717) is 25.9 Å². The van der Waals surface area contributed by atoms with Crippen molar-refractivity contribution in [3.05, 3.63) is 63.7 Å². The molecule has 1 aliphatic rings. The van der Waals surface area contributed by atoms with Gasteiger partial charge in [0.05, 0.1) is 11.5 Å². The fraction of sp³-hybridized carbons (Fsp3) is 0.350. The Balaban J connectivity index is 1.64. The first-order valence-corrected chi connectivity index (χ1v) is 9.21. The summed E-state index contributed by atoms with van der Waals surface area (Å²) >= 11 is 0. The first-order valence-electron chi connectivity index (χ1n) is 9.21. The van der Waals surface area contributed by atoms with Gasteiger partial charge in [-0.15, -0.1) is 0 Å². The Kier molecular flexibility index (Phi) is 6.26. The minimum atomic E-state index is -0.773. The van der Waals surface area contributed by atoms with Gasteiger partial charge in [-0.3, -0.25) is 14.9 Å². The third-order valence-corrected chi connectivity index (χ3v) is 4.62. The molecule has 1 aliphatic heterocycles. The molecule has 7 nitrogen and oxygen atoms in total. The predicted octanol–water partition coefficient (Wildman–Crippen LogP) is 3.96. The zero-order chi connectivity index (χ0) is 21.0. The van der Waals surface area contributed by atoms with Gasteiger partial charge < -0.3 is 14.4 Å². The van der Waals surface area contributed by atoms with Gasteiger partial charge in [0.15, 0.2) is 17.3 Å². The van der Waals surface area contributed by atoms with Crippen LogP contribution >= 0.6 is 0 Å². The Morgan fingerprint density at radius 3 is 2.48 bits per heavy atom. The highest BCUT2D eigenvalue weighted by molar-refractivity contribution is 5.95. The van der Waals surface area contributed by atoms with Crippen molar-refractivity contribution in [3.8, 4) is 11.5 Å². The fourth-order valence-corrected chi connectivity index (χ4v) is 3.18. The van der Waals surface area contributed by atoms with Crippen LogP contribution in [0.4, 0.5) is 14.5 Å². The molecule has 0 saturated carbocycles. The normalized spacial score (nSPS) is 14.5. The van der Waals surface area contributed by atoms with Crippen LogP contribution in [0.3, 0.4) is 0 Å². The Hall–Kier alpha value is -3.23. The Bertz CT molecular complexity index is 914. The summed E-state index contributed by atoms with van der Waals surface area (Å²) in [5.41, 5.74) is -0.0631. The van der Waals surface area contributed by atoms with Crippen LogP contribution in [0.1, 0.15) is 30.1 Å². The van der Waals surface area contributed by atoms with Gasteiger partial charge in [0, 0.05) is 43.6 Å². The second-order valence-electron chi connectivity index (χ2n) is 6.56. The highest BCUT2D eigenvalue weighted by atomic mass is 19.1. The molecule has 0 bridgehead atoms. The summed E-state index contributed by atoms with van der Waals surface area (Å²) in [7, 11) is 0. The first-order chi connectivity index (χ1) is 13.9. The Morgan fingerprint density at radius 1 is 1.17 bits per heavy atom. The lowest BCUT2D eigenvalue weighted by Gasteiger charge is -2.32. The molecule has 1 saturated heterocycles. The highest BCUT2D eigenvalue weighted by Crippen LogP contribution is 2.29. The van der Waals surface area contributed by atoms with E-state index in [-0.39, 0.29) is 41.4 Å². The third-order valence-electron chi connectivity index (χ3n) is 4.62. The summed E-state index contributed by atoms with van der Waals surface area (Å²) in [5.74, 6) is -1.70. The van der Waals surface area contributed by atoms with Crippen molar-refractivity contribution in [2.45, 2.75) is 25.9 Å². The lowest BCUT2D eigenvalue weighted by Crippen LogP contribution is -2.41.